The van der Waals surface area contributed by atoms with Crippen molar-refractivity contribution in [1.82, 2.24) is 14.5 Å². The number of fused-ring (bicyclic) bond motifs is 1. The molecule has 2 N–H and O–H groups in total. The van der Waals surface area contributed by atoms with E-state index in [9.17, 15) is 5.11 Å². The van der Waals surface area contributed by atoms with Gasteiger partial charge in [-0.3, -0.25) is 0 Å². The van der Waals surface area contributed by atoms with Crippen LogP contribution in [0.5, 0.6) is 0 Å². The fourth-order valence-corrected chi connectivity index (χ4v) is 3.87. The number of aliphatic hydroxyl groups excluding tert-OH is 1. The Bertz CT molecular complexity index is 1090. The fourth-order valence-electron chi connectivity index (χ4n) is 3.87. The van der Waals surface area contributed by atoms with Crippen LogP contribution in [0.3, 0.4) is 0 Å². The molecule has 4 aromatic rings. The van der Waals surface area contributed by atoms with Crippen LogP contribution < -0.4 is 0 Å². The van der Waals surface area contributed by atoms with Gasteiger partial charge in [0.1, 0.15) is 0 Å². The van der Waals surface area contributed by atoms with Gasteiger partial charge < -0.3 is 14.7 Å². The lowest BCUT2D eigenvalue weighted by Crippen LogP contribution is -2.36. The minimum atomic E-state index is -0.589. The summed E-state index contributed by atoms with van der Waals surface area (Å²) >= 11 is 0. The summed E-state index contributed by atoms with van der Waals surface area (Å²) < 4.78 is 2.09. The lowest BCUT2D eigenvalue weighted by molar-refractivity contribution is 0.0969. The van der Waals surface area contributed by atoms with Crippen molar-refractivity contribution in [2.45, 2.75) is 38.3 Å². The van der Waals surface area contributed by atoms with E-state index >= 15 is 0 Å². The second-order valence-electron chi connectivity index (χ2n) is 8.12. The first-order valence-electron chi connectivity index (χ1n) is 9.95. The topological polar surface area (TPSA) is 53.8 Å². The second-order valence-corrected chi connectivity index (χ2v) is 8.12. The Kier molecular flexibility index (Phi) is 5.12. The molecule has 4 heteroatoms. The largest absolute Gasteiger partial charge is 0.392 e. The minimum Gasteiger partial charge on any atom is -0.392 e. The summed E-state index contributed by atoms with van der Waals surface area (Å²) in [4.78, 5) is 8.09. The number of aliphatic hydroxyl groups is 1. The van der Waals surface area contributed by atoms with E-state index in [1.54, 1.807) is 0 Å². The Morgan fingerprint density at radius 2 is 1.86 bits per heavy atom. The van der Waals surface area contributed by atoms with Gasteiger partial charge in [-0.2, -0.15) is 0 Å². The maximum Gasteiger partial charge on any atom is 0.0957 e. The molecule has 0 aliphatic heterocycles. The maximum atomic E-state index is 11.1. The standard InChI is InChI=1S/C25H27N3O/c1-4-22-24(26-17-28(22)16-18-10-6-5-7-11-18)25(2,3)23(29)15-20-14-19-12-8-9-13-21(19)27-20/h4-14,17,23,27,29H,1,15-16H2,2-3H3. The Morgan fingerprint density at radius 3 is 2.59 bits per heavy atom. The maximum absolute atomic E-state index is 11.1. The number of hydrogen-bond acceptors (Lipinski definition) is 2. The molecule has 1 unspecified atom stereocenters. The van der Waals surface area contributed by atoms with Crippen molar-refractivity contribution in [3.8, 4) is 0 Å². The first-order valence-corrected chi connectivity index (χ1v) is 9.95. The molecule has 148 valence electrons. The average molecular weight is 386 g/mol. The summed E-state index contributed by atoms with van der Waals surface area (Å²) in [6, 6.07) is 20.6. The number of aromatic nitrogens is 3. The van der Waals surface area contributed by atoms with E-state index in [-0.39, 0.29) is 0 Å². The molecule has 0 fully saturated rings. The van der Waals surface area contributed by atoms with Crippen LogP contribution >= 0.6 is 0 Å². The van der Waals surface area contributed by atoms with E-state index < -0.39 is 11.5 Å². The Morgan fingerprint density at radius 1 is 1.14 bits per heavy atom. The molecule has 0 radical (unpaired) electrons. The van der Waals surface area contributed by atoms with Gasteiger partial charge in [0.15, 0.2) is 0 Å². The predicted octanol–water partition coefficient (Wildman–Crippen LogP) is 4.94. The molecular formula is C25H27N3O. The molecule has 2 aromatic carbocycles. The number of hydrogen-bond donors (Lipinski definition) is 2. The molecule has 4 rings (SSSR count). The van der Waals surface area contributed by atoms with Crippen LogP contribution in [-0.4, -0.2) is 25.7 Å². The summed E-state index contributed by atoms with van der Waals surface area (Å²) in [7, 11) is 0. The van der Waals surface area contributed by atoms with Gasteiger partial charge in [0.2, 0.25) is 0 Å². The van der Waals surface area contributed by atoms with Crippen LogP contribution in [0.4, 0.5) is 0 Å². The monoisotopic (exact) mass is 385 g/mol. The van der Waals surface area contributed by atoms with E-state index in [4.69, 9.17) is 0 Å². The highest BCUT2D eigenvalue weighted by Gasteiger charge is 2.34. The number of para-hydroxylation sites is 1. The molecule has 0 amide bonds. The van der Waals surface area contributed by atoms with Gasteiger partial charge in [0, 0.05) is 29.6 Å². The van der Waals surface area contributed by atoms with Gasteiger partial charge in [0.05, 0.1) is 23.8 Å². The molecule has 0 aliphatic carbocycles. The van der Waals surface area contributed by atoms with Gasteiger partial charge in [-0.05, 0) is 29.2 Å². The fraction of sp³-hybridized carbons (Fsp3) is 0.240. The molecule has 0 saturated heterocycles. The van der Waals surface area contributed by atoms with Crippen molar-refractivity contribution in [2.24, 2.45) is 0 Å². The summed E-state index contributed by atoms with van der Waals surface area (Å²) in [5, 5.41) is 12.3. The number of aromatic amines is 1. The zero-order valence-electron chi connectivity index (χ0n) is 17.0. The van der Waals surface area contributed by atoms with Gasteiger partial charge >= 0.3 is 0 Å². The number of benzene rings is 2. The van der Waals surface area contributed by atoms with Crippen molar-refractivity contribution >= 4 is 17.0 Å². The van der Waals surface area contributed by atoms with Crippen molar-refractivity contribution in [3.63, 3.8) is 0 Å². The lowest BCUT2D eigenvalue weighted by atomic mass is 9.80. The van der Waals surface area contributed by atoms with Gasteiger partial charge in [-0.1, -0.05) is 69.0 Å². The third-order valence-electron chi connectivity index (χ3n) is 5.71. The number of nitrogens with zero attached hydrogens (tertiary/aromatic N) is 2. The van der Waals surface area contributed by atoms with E-state index in [0.29, 0.717) is 6.42 Å². The molecule has 0 bridgehead atoms. The smallest absolute Gasteiger partial charge is 0.0957 e. The van der Waals surface area contributed by atoms with Crippen molar-refractivity contribution < 1.29 is 5.11 Å². The van der Waals surface area contributed by atoms with Crippen LogP contribution in [0.15, 0.2) is 73.6 Å². The number of imidazole rings is 1. The van der Waals surface area contributed by atoms with Crippen LogP contribution in [0.2, 0.25) is 0 Å². The summed E-state index contributed by atoms with van der Waals surface area (Å²) in [5.74, 6) is 0. The Hall–Kier alpha value is -3.11. The molecular weight excluding hydrogens is 358 g/mol. The highest BCUT2D eigenvalue weighted by Crippen LogP contribution is 2.32. The Labute approximate surface area is 171 Å². The lowest BCUT2D eigenvalue weighted by Gasteiger charge is -2.30. The SMILES string of the molecule is C=Cc1c(C(C)(C)C(O)Cc2cc3ccccc3[nH]2)ncn1Cc1ccccc1. The third kappa shape index (κ3) is 3.76. The van der Waals surface area contributed by atoms with Crippen LogP contribution in [0.1, 0.15) is 36.5 Å². The highest BCUT2D eigenvalue weighted by atomic mass is 16.3. The quantitative estimate of drug-likeness (QED) is 0.474. The van der Waals surface area contributed by atoms with E-state index in [0.717, 1.165) is 34.5 Å². The number of H-pyrrole nitrogens is 1. The molecule has 0 saturated carbocycles. The average Bonchev–Trinajstić information content (AvgIpc) is 3.32. The minimum absolute atomic E-state index is 0.525. The van der Waals surface area contributed by atoms with Crippen LogP contribution in [-0.2, 0) is 18.4 Å². The molecule has 1 atom stereocenters. The van der Waals surface area contributed by atoms with Gasteiger partial charge in [-0.15, -0.1) is 0 Å². The van der Waals surface area contributed by atoms with Gasteiger partial charge in [0.25, 0.3) is 0 Å². The first kappa shape index (κ1) is 19.2. The molecule has 0 aliphatic rings. The molecule has 0 spiro atoms. The molecule has 4 nitrogen and oxygen atoms in total. The molecule has 2 aromatic heterocycles. The molecule has 29 heavy (non-hydrogen) atoms. The van der Waals surface area contributed by atoms with E-state index in [1.165, 1.54) is 5.56 Å². The molecule has 2 heterocycles. The number of rotatable bonds is 7. The van der Waals surface area contributed by atoms with E-state index in [1.807, 2.05) is 56.6 Å². The number of nitrogens with one attached hydrogen (secondary N) is 1. The Balaban J connectivity index is 1.59. The van der Waals surface area contributed by atoms with Gasteiger partial charge in [-0.25, -0.2) is 4.98 Å². The van der Waals surface area contributed by atoms with E-state index in [2.05, 4.69) is 51.4 Å². The normalized spacial score (nSPS) is 12.9. The summed E-state index contributed by atoms with van der Waals surface area (Å²) in [5.41, 5.74) is 4.61. The second kappa shape index (κ2) is 7.72. The highest BCUT2D eigenvalue weighted by molar-refractivity contribution is 5.80. The third-order valence-corrected chi connectivity index (χ3v) is 5.71. The summed E-state index contributed by atoms with van der Waals surface area (Å²) in [6.07, 6.45) is 3.62. The van der Waals surface area contributed by atoms with Crippen LogP contribution in [0, 0.1) is 0 Å². The summed E-state index contributed by atoms with van der Waals surface area (Å²) in [6.45, 7) is 8.82. The zero-order chi connectivity index (χ0) is 20.4. The van der Waals surface area contributed by atoms with Crippen molar-refractivity contribution in [1.29, 1.82) is 0 Å². The predicted molar refractivity (Wildman–Crippen MR) is 119 cm³/mol. The van der Waals surface area contributed by atoms with Crippen molar-refractivity contribution in [2.75, 3.05) is 0 Å². The zero-order valence-corrected chi connectivity index (χ0v) is 17.0. The van der Waals surface area contributed by atoms with Crippen LogP contribution in [0.25, 0.3) is 17.0 Å². The van der Waals surface area contributed by atoms with Crippen molar-refractivity contribution in [3.05, 3.63) is 96.2 Å². The first-order chi connectivity index (χ1) is 14.0.